The molecule has 0 spiro atoms. The fourth-order valence-corrected chi connectivity index (χ4v) is 1.40. The molecule has 0 bridgehead atoms. The molecule has 0 fully saturated rings. The normalized spacial score (nSPS) is 11.8. The Morgan fingerprint density at radius 3 is 2.75 bits per heavy atom. The number of rotatable bonds is 5. The Bertz CT molecular complexity index is 388. The van der Waals surface area contributed by atoms with E-state index in [1.807, 2.05) is 13.8 Å². The smallest absolute Gasteiger partial charge is 0.328 e. The lowest BCUT2D eigenvalue weighted by Crippen LogP contribution is -2.17. The molecule has 16 heavy (non-hydrogen) atoms. The second-order valence-corrected chi connectivity index (χ2v) is 3.74. The zero-order valence-electron chi connectivity index (χ0n) is 9.70. The lowest BCUT2D eigenvalue weighted by Gasteiger charge is -2.03. The van der Waals surface area contributed by atoms with E-state index in [9.17, 15) is 4.79 Å². The molecule has 0 atom stereocenters. The third kappa shape index (κ3) is 3.51. The predicted molar refractivity (Wildman–Crippen MR) is 59.1 cm³/mol. The second kappa shape index (κ2) is 5.46. The van der Waals surface area contributed by atoms with Crippen LogP contribution in [0.4, 0.5) is 0 Å². The molecule has 0 aliphatic rings. The Hall–Kier alpha value is -1.62. The van der Waals surface area contributed by atoms with Gasteiger partial charge in [0.05, 0.1) is 5.69 Å². The van der Waals surface area contributed by atoms with Crippen molar-refractivity contribution in [3.05, 3.63) is 28.7 Å². The molecule has 5 nitrogen and oxygen atoms in total. The zero-order chi connectivity index (χ0) is 12.1. The van der Waals surface area contributed by atoms with Crippen molar-refractivity contribution in [2.45, 2.75) is 27.3 Å². The van der Waals surface area contributed by atoms with Crippen molar-refractivity contribution >= 4 is 5.97 Å². The molecule has 1 aromatic heterocycles. The van der Waals surface area contributed by atoms with Crippen LogP contribution >= 0.6 is 0 Å². The summed E-state index contributed by atoms with van der Waals surface area (Å²) in [5, 5.41) is 15.5. The summed E-state index contributed by atoms with van der Waals surface area (Å²) in [6.07, 6.45) is 1.19. The highest BCUT2D eigenvalue weighted by atomic mass is 16.5. The van der Waals surface area contributed by atoms with E-state index >= 15 is 0 Å². The number of aryl methyl sites for hydroxylation is 2. The SMILES string of the molecule is CC(=CC(=O)O)CNCc1c(C)noc1C. The van der Waals surface area contributed by atoms with Crippen LogP contribution in [0, 0.1) is 13.8 Å². The van der Waals surface area contributed by atoms with E-state index in [0.29, 0.717) is 13.1 Å². The monoisotopic (exact) mass is 224 g/mol. The highest BCUT2D eigenvalue weighted by molar-refractivity contribution is 5.80. The topological polar surface area (TPSA) is 75.4 Å². The number of aromatic nitrogens is 1. The van der Waals surface area contributed by atoms with E-state index in [1.165, 1.54) is 6.08 Å². The van der Waals surface area contributed by atoms with Crippen LogP contribution in [-0.2, 0) is 11.3 Å². The van der Waals surface area contributed by atoms with E-state index < -0.39 is 5.97 Å². The fraction of sp³-hybridized carbons (Fsp3) is 0.455. The van der Waals surface area contributed by atoms with Crippen LogP contribution in [0.2, 0.25) is 0 Å². The first-order chi connectivity index (χ1) is 7.50. The Labute approximate surface area is 94.1 Å². The molecule has 88 valence electrons. The summed E-state index contributed by atoms with van der Waals surface area (Å²) in [4.78, 5) is 10.4. The highest BCUT2D eigenvalue weighted by Crippen LogP contribution is 2.11. The number of carboxylic acids is 1. The van der Waals surface area contributed by atoms with Gasteiger partial charge in [0.1, 0.15) is 5.76 Å². The van der Waals surface area contributed by atoms with Gasteiger partial charge in [-0.25, -0.2) is 4.79 Å². The molecule has 1 heterocycles. The molecule has 0 aliphatic carbocycles. The fourth-order valence-electron chi connectivity index (χ4n) is 1.40. The van der Waals surface area contributed by atoms with Gasteiger partial charge in [0.2, 0.25) is 0 Å². The first-order valence-electron chi connectivity index (χ1n) is 5.03. The standard InChI is InChI=1S/C11H16N2O3/c1-7(4-11(14)15)5-12-6-10-8(2)13-16-9(10)3/h4,12H,5-6H2,1-3H3,(H,14,15). The predicted octanol–water partition coefficient (Wildman–Crippen LogP) is 1.41. The Balaban J connectivity index is 2.45. The number of aliphatic carboxylic acids is 1. The Morgan fingerprint density at radius 2 is 2.25 bits per heavy atom. The molecule has 0 aliphatic heterocycles. The van der Waals surface area contributed by atoms with Crippen molar-refractivity contribution in [1.82, 2.24) is 10.5 Å². The van der Waals surface area contributed by atoms with Crippen molar-refractivity contribution in [3.63, 3.8) is 0 Å². The molecule has 2 N–H and O–H groups in total. The number of nitrogens with one attached hydrogen (secondary N) is 1. The number of nitrogens with zero attached hydrogens (tertiary/aromatic N) is 1. The third-order valence-corrected chi connectivity index (χ3v) is 2.26. The van der Waals surface area contributed by atoms with E-state index in [2.05, 4.69) is 10.5 Å². The van der Waals surface area contributed by atoms with Gasteiger partial charge in [0.15, 0.2) is 0 Å². The number of carbonyl (C=O) groups is 1. The summed E-state index contributed by atoms with van der Waals surface area (Å²) in [5.41, 5.74) is 2.67. The lowest BCUT2D eigenvalue weighted by atomic mass is 10.2. The minimum absolute atomic E-state index is 0.538. The molecule has 1 aromatic rings. The van der Waals surface area contributed by atoms with Crippen molar-refractivity contribution in [1.29, 1.82) is 0 Å². The lowest BCUT2D eigenvalue weighted by molar-refractivity contribution is -0.131. The van der Waals surface area contributed by atoms with Gasteiger partial charge in [-0.15, -0.1) is 0 Å². The van der Waals surface area contributed by atoms with Crippen molar-refractivity contribution in [2.75, 3.05) is 6.54 Å². The highest BCUT2D eigenvalue weighted by Gasteiger charge is 2.07. The summed E-state index contributed by atoms with van der Waals surface area (Å²) in [6, 6.07) is 0. The van der Waals surface area contributed by atoms with Gasteiger partial charge in [0, 0.05) is 24.7 Å². The van der Waals surface area contributed by atoms with Crippen LogP contribution in [-0.4, -0.2) is 22.8 Å². The zero-order valence-corrected chi connectivity index (χ0v) is 9.70. The number of hydrogen-bond donors (Lipinski definition) is 2. The second-order valence-electron chi connectivity index (χ2n) is 3.74. The summed E-state index contributed by atoms with van der Waals surface area (Å²) in [7, 11) is 0. The summed E-state index contributed by atoms with van der Waals surface area (Å²) >= 11 is 0. The molecule has 0 unspecified atom stereocenters. The van der Waals surface area contributed by atoms with Gasteiger partial charge in [0.25, 0.3) is 0 Å². The van der Waals surface area contributed by atoms with Crippen LogP contribution in [0.15, 0.2) is 16.2 Å². The Morgan fingerprint density at radius 1 is 1.56 bits per heavy atom. The molecular weight excluding hydrogens is 208 g/mol. The molecule has 0 amide bonds. The minimum atomic E-state index is -0.920. The number of hydrogen-bond acceptors (Lipinski definition) is 4. The maximum Gasteiger partial charge on any atom is 0.328 e. The van der Waals surface area contributed by atoms with Crippen LogP contribution in [0.5, 0.6) is 0 Å². The maximum absolute atomic E-state index is 10.4. The minimum Gasteiger partial charge on any atom is -0.478 e. The van der Waals surface area contributed by atoms with Crippen molar-refractivity contribution in [2.24, 2.45) is 0 Å². The van der Waals surface area contributed by atoms with Gasteiger partial charge < -0.3 is 14.9 Å². The van der Waals surface area contributed by atoms with Crippen molar-refractivity contribution < 1.29 is 14.4 Å². The van der Waals surface area contributed by atoms with Crippen LogP contribution in [0.3, 0.4) is 0 Å². The largest absolute Gasteiger partial charge is 0.478 e. The molecule has 0 aromatic carbocycles. The van der Waals surface area contributed by atoms with Crippen molar-refractivity contribution in [3.8, 4) is 0 Å². The molecule has 1 rings (SSSR count). The van der Waals surface area contributed by atoms with Gasteiger partial charge in [-0.05, 0) is 20.8 Å². The number of carboxylic acid groups (broad SMARTS) is 1. The molecule has 5 heteroatoms. The van der Waals surface area contributed by atoms with Gasteiger partial charge in [-0.3, -0.25) is 0 Å². The molecule has 0 saturated heterocycles. The van der Waals surface area contributed by atoms with Crippen LogP contribution < -0.4 is 5.32 Å². The average Bonchev–Trinajstić information content (AvgIpc) is 2.47. The van der Waals surface area contributed by atoms with Crippen LogP contribution in [0.1, 0.15) is 23.9 Å². The van der Waals surface area contributed by atoms with Gasteiger partial charge >= 0.3 is 5.97 Å². The van der Waals surface area contributed by atoms with Gasteiger partial charge in [-0.1, -0.05) is 10.7 Å². The first-order valence-corrected chi connectivity index (χ1v) is 5.03. The Kier molecular flexibility index (Phi) is 4.25. The average molecular weight is 224 g/mol. The van der Waals surface area contributed by atoms with E-state index in [1.54, 1.807) is 6.92 Å². The third-order valence-electron chi connectivity index (χ3n) is 2.26. The molecule has 0 saturated carbocycles. The summed E-state index contributed by atoms with van der Waals surface area (Å²) in [5.74, 6) is -0.124. The van der Waals surface area contributed by atoms with E-state index in [4.69, 9.17) is 9.63 Å². The molecule has 0 radical (unpaired) electrons. The van der Waals surface area contributed by atoms with Crippen LogP contribution in [0.25, 0.3) is 0 Å². The summed E-state index contributed by atoms with van der Waals surface area (Å²) in [6.45, 7) is 6.68. The van der Waals surface area contributed by atoms with E-state index in [-0.39, 0.29) is 0 Å². The molecular formula is C11H16N2O3. The van der Waals surface area contributed by atoms with Gasteiger partial charge in [-0.2, -0.15) is 0 Å². The first kappa shape index (κ1) is 12.4. The quantitative estimate of drug-likeness (QED) is 0.740. The maximum atomic E-state index is 10.4. The summed E-state index contributed by atoms with van der Waals surface area (Å²) < 4.78 is 5.02. The van der Waals surface area contributed by atoms with E-state index in [0.717, 1.165) is 22.6 Å².